The van der Waals surface area contributed by atoms with E-state index >= 15 is 0 Å². The number of hydrogen-bond donors (Lipinski definition) is 0. The number of aryl methyl sites for hydroxylation is 1. The molecule has 0 saturated heterocycles. The molecule has 0 spiro atoms. The molecule has 0 fully saturated rings. The fourth-order valence-electron chi connectivity index (χ4n) is 1.84. The van der Waals surface area contributed by atoms with Crippen molar-refractivity contribution in [3.8, 4) is 0 Å². The number of fused-ring (bicyclic) bond motifs is 1. The maximum absolute atomic E-state index is 12.6. The fourth-order valence-corrected chi connectivity index (χ4v) is 2.97. The lowest BCUT2D eigenvalue weighted by Crippen LogP contribution is -2.01. The second-order valence-corrected chi connectivity index (χ2v) is 5.42. The molecule has 0 aliphatic rings. The molecule has 0 N–H and O–H groups in total. The average molecular weight is 269 g/mol. The van der Waals surface area contributed by atoms with Crippen molar-refractivity contribution in [1.29, 1.82) is 0 Å². The molecule has 0 aliphatic heterocycles. The molecule has 1 unspecified atom stereocenters. The molecule has 3 aromatic rings. The first-order valence-electron chi connectivity index (χ1n) is 5.81. The highest BCUT2D eigenvalue weighted by Crippen LogP contribution is 2.21. The van der Waals surface area contributed by atoms with Gasteiger partial charge in [-0.25, -0.2) is 14.2 Å². The number of hydrogen-bond acceptors (Lipinski definition) is 4. The van der Waals surface area contributed by atoms with Crippen molar-refractivity contribution >= 4 is 21.7 Å². The summed E-state index contributed by atoms with van der Waals surface area (Å²) in [6, 6.07) is 11.2. The van der Waals surface area contributed by atoms with Crippen LogP contribution >= 0.6 is 0 Å². The number of benzene rings is 1. The summed E-state index contributed by atoms with van der Waals surface area (Å²) in [5.74, 6) is 0. The van der Waals surface area contributed by atoms with Crippen molar-refractivity contribution in [3.63, 3.8) is 0 Å². The van der Waals surface area contributed by atoms with Gasteiger partial charge in [-0.15, -0.1) is 0 Å². The minimum Gasteiger partial charge on any atom is -0.255 e. The Labute approximate surface area is 113 Å². The Bertz CT molecular complexity index is 768. The Balaban J connectivity index is 2.17. The molecular weight excluding hydrogens is 258 g/mol. The third kappa shape index (κ3) is 2.24. The summed E-state index contributed by atoms with van der Waals surface area (Å²) in [7, 11) is -1.42. The zero-order valence-electron chi connectivity index (χ0n) is 10.3. The van der Waals surface area contributed by atoms with Crippen LogP contribution in [0.2, 0.25) is 0 Å². The summed E-state index contributed by atoms with van der Waals surface area (Å²) in [6.07, 6.45) is 3.31. The Morgan fingerprint density at radius 1 is 1.00 bits per heavy atom. The van der Waals surface area contributed by atoms with Gasteiger partial charge in [0.15, 0.2) is 0 Å². The molecular formula is C14H11N3OS. The number of rotatable bonds is 2. The Hall–Kier alpha value is -2.14. The van der Waals surface area contributed by atoms with Crippen molar-refractivity contribution in [2.24, 2.45) is 0 Å². The van der Waals surface area contributed by atoms with E-state index in [4.69, 9.17) is 0 Å². The first-order valence-corrected chi connectivity index (χ1v) is 6.96. The second kappa shape index (κ2) is 4.85. The van der Waals surface area contributed by atoms with Crippen molar-refractivity contribution in [1.82, 2.24) is 15.0 Å². The zero-order chi connectivity index (χ0) is 13.2. The lowest BCUT2D eigenvalue weighted by Gasteiger charge is -2.04. The van der Waals surface area contributed by atoms with Crippen LogP contribution in [0.25, 0.3) is 10.9 Å². The van der Waals surface area contributed by atoms with Crippen LogP contribution in [-0.4, -0.2) is 19.2 Å². The van der Waals surface area contributed by atoms with Gasteiger partial charge in [0.2, 0.25) is 5.16 Å². The maximum atomic E-state index is 12.6. The van der Waals surface area contributed by atoms with Crippen molar-refractivity contribution in [2.75, 3.05) is 0 Å². The van der Waals surface area contributed by atoms with Gasteiger partial charge in [0, 0.05) is 23.5 Å². The molecule has 0 aliphatic carbocycles. The number of aromatic nitrogens is 3. The summed E-state index contributed by atoms with van der Waals surface area (Å²) in [4.78, 5) is 13.2. The molecule has 2 aromatic heterocycles. The van der Waals surface area contributed by atoms with Crippen LogP contribution in [-0.2, 0) is 10.8 Å². The fraction of sp³-hybridized carbons (Fsp3) is 0.0714. The molecule has 5 heteroatoms. The van der Waals surface area contributed by atoms with E-state index in [-0.39, 0.29) is 0 Å². The van der Waals surface area contributed by atoms with Crippen LogP contribution in [0.3, 0.4) is 0 Å². The van der Waals surface area contributed by atoms with E-state index < -0.39 is 10.8 Å². The Kier molecular flexibility index (Phi) is 3.05. The maximum Gasteiger partial charge on any atom is 0.223 e. The Morgan fingerprint density at radius 2 is 1.84 bits per heavy atom. The quantitative estimate of drug-likeness (QED) is 0.671. The monoisotopic (exact) mass is 269 g/mol. The van der Waals surface area contributed by atoms with Crippen LogP contribution in [0.15, 0.2) is 58.8 Å². The molecule has 0 bridgehead atoms. The Morgan fingerprint density at radius 3 is 2.68 bits per heavy atom. The van der Waals surface area contributed by atoms with E-state index in [9.17, 15) is 4.21 Å². The molecule has 3 rings (SSSR count). The van der Waals surface area contributed by atoms with Crippen molar-refractivity contribution < 1.29 is 4.21 Å². The molecule has 1 aromatic carbocycles. The lowest BCUT2D eigenvalue weighted by molar-refractivity contribution is 0.675. The largest absolute Gasteiger partial charge is 0.255 e. The van der Waals surface area contributed by atoms with Crippen LogP contribution in [0.4, 0.5) is 0 Å². The van der Waals surface area contributed by atoms with Crippen LogP contribution in [0.5, 0.6) is 0 Å². The SMILES string of the molecule is Cc1ccnc(S(=O)c2cccc3cccnc23)n1. The molecule has 94 valence electrons. The molecule has 4 nitrogen and oxygen atoms in total. The van der Waals surface area contributed by atoms with Gasteiger partial charge in [0.25, 0.3) is 0 Å². The zero-order valence-corrected chi connectivity index (χ0v) is 11.1. The lowest BCUT2D eigenvalue weighted by atomic mass is 10.2. The van der Waals surface area contributed by atoms with Gasteiger partial charge in [-0.1, -0.05) is 18.2 Å². The van der Waals surface area contributed by atoms with Gasteiger partial charge < -0.3 is 0 Å². The van der Waals surface area contributed by atoms with Crippen LogP contribution < -0.4 is 0 Å². The molecule has 0 saturated carbocycles. The smallest absolute Gasteiger partial charge is 0.223 e. The number of pyridine rings is 1. The van der Waals surface area contributed by atoms with E-state index in [2.05, 4.69) is 15.0 Å². The predicted octanol–water partition coefficient (Wildman–Crippen LogP) is 2.50. The van der Waals surface area contributed by atoms with Gasteiger partial charge in [-0.2, -0.15) is 0 Å². The van der Waals surface area contributed by atoms with Crippen molar-refractivity contribution in [2.45, 2.75) is 17.0 Å². The van der Waals surface area contributed by atoms with Crippen molar-refractivity contribution in [3.05, 3.63) is 54.5 Å². The first kappa shape index (κ1) is 11.9. The molecule has 19 heavy (non-hydrogen) atoms. The highest BCUT2D eigenvalue weighted by molar-refractivity contribution is 7.85. The number of para-hydroxylation sites is 1. The predicted molar refractivity (Wildman–Crippen MR) is 73.2 cm³/mol. The third-order valence-corrected chi connectivity index (χ3v) is 3.99. The summed E-state index contributed by atoms with van der Waals surface area (Å²) in [5.41, 5.74) is 1.53. The summed E-state index contributed by atoms with van der Waals surface area (Å²) in [5, 5.41) is 1.28. The average Bonchev–Trinajstić information content (AvgIpc) is 2.46. The normalized spacial score (nSPS) is 12.5. The molecule has 0 radical (unpaired) electrons. The summed E-state index contributed by atoms with van der Waals surface area (Å²) < 4.78 is 12.6. The first-order chi connectivity index (χ1) is 9.25. The number of nitrogens with zero attached hydrogens (tertiary/aromatic N) is 3. The van der Waals surface area contributed by atoms with E-state index in [0.717, 1.165) is 16.6 Å². The highest BCUT2D eigenvalue weighted by atomic mass is 32.2. The third-order valence-electron chi connectivity index (χ3n) is 2.73. The van der Waals surface area contributed by atoms with Gasteiger partial charge in [0.05, 0.1) is 10.4 Å². The van der Waals surface area contributed by atoms with Gasteiger partial charge in [-0.3, -0.25) is 4.98 Å². The van der Waals surface area contributed by atoms with E-state index in [0.29, 0.717) is 10.1 Å². The van der Waals surface area contributed by atoms with Gasteiger partial charge in [0.1, 0.15) is 10.8 Å². The molecule has 1 atom stereocenters. The standard InChI is InChI=1S/C14H11N3OS/c1-10-7-9-16-14(17-10)19(18)12-6-2-4-11-5-3-8-15-13(11)12/h2-9H,1H3. The van der Waals surface area contributed by atoms with Crippen LogP contribution in [0, 0.1) is 6.92 Å². The highest BCUT2D eigenvalue weighted by Gasteiger charge is 2.14. The van der Waals surface area contributed by atoms with Crippen LogP contribution in [0.1, 0.15) is 5.69 Å². The molecule has 0 amide bonds. The molecule has 2 heterocycles. The van der Waals surface area contributed by atoms with Gasteiger partial charge >= 0.3 is 0 Å². The minimum atomic E-state index is -1.42. The second-order valence-electron chi connectivity index (χ2n) is 4.08. The van der Waals surface area contributed by atoms with E-state index in [1.807, 2.05) is 31.2 Å². The summed E-state index contributed by atoms with van der Waals surface area (Å²) in [6.45, 7) is 1.85. The van der Waals surface area contributed by atoms with Gasteiger partial charge in [-0.05, 0) is 25.1 Å². The van der Waals surface area contributed by atoms with E-state index in [1.165, 1.54) is 0 Å². The minimum absolute atomic E-state index is 0.318. The summed E-state index contributed by atoms with van der Waals surface area (Å²) >= 11 is 0. The van der Waals surface area contributed by atoms with E-state index in [1.54, 1.807) is 24.5 Å². The topological polar surface area (TPSA) is 55.7 Å².